The van der Waals surface area contributed by atoms with Crippen molar-refractivity contribution in [2.24, 2.45) is 23.1 Å². The number of aliphatic carboxylic acids is 2. The minimum absolute atomic E-state index is 0.0373. The van der Waals surface area contributed by atoms with Gasteiger partial charge < -0.3 is 79.7 Å². The number of aliphatic hydroxyl groups excluding tert-OH is 2. The molecule has 10 amide bonds. The number of carboxylic acid groups (broad SMARTS) is 2. The van der Waals surface area contributed by atoms with Crippen LogP contribution in [0.15, 0.2) is 0 Å². The number of carboxylic acids is 2. The van der Waals surface area contributed by atoms with Crippen molar-refractivity contribution in [2.45, 2.75) is 126 Å². The SMILES string of the molecule is CC[C@H](C)[C@@H]1NC(=O)[C@H](CO)NC(=O)[C@H](N)CSSC[C@@H](C(=O)O)NC(=O)[C@@H]2CCCN2C(=O)[C@H]([C@@H](C)O)NC(=O)[C@H](CCC(=O)O)NC(=O)[C@H](CC(N)=O)NC(=O)[C@H](CC(N)=O)NC1=O. The minimum Gasteiger partial charge on any atom is -0.481 e. The van der Waals surface area contributed by atoms with Crippen molar-refractivity contribution in [3.8, 4) is 0 Å². The van der Waals surface area contributed by atoms with Crippen LogP contribution in [0, 0.1) is 5.92 Å². The second-order valence-corrected chi connectivity index (χ2v) is 18.1. The molecule has 2 heterocycles. The summed E-state index contributed by atoms with van der Waals surface area (Å²) in [6, 6.07) is -14.9. The lowest BCUT2D eigenvalue weighted by Gasteiger charge is -2.31. The van der Waals surface area contributed by atoms with E-state index in [2.05, 4.69) is 37.2 Å². The summed E-state index contributed by atoms with van der Waals surface area (Å²) in [6.45, 7) is 3.19. The molecule has 0 aromatic heterocycles. The lowest BCUT2D eigenvalue weighted by atomic mass is 9.97. The number of amides is 10. The number of aliphatic hydroxyl groups is 2. The molecule has 370 valence electrons. The molecule has 2 aliphatic heterocycles. The Morgan fingerprint density at radius 1 is 0.697 bits per heavy atom. The number of primary amides is 2. The third-order valence-electron chi connectivity index (χ3n) is 10.4. The van der Waals surface area contributed by atoms with Crippen molar-refractivity contribution in [1.29, 1.82) is 0 Å². The van der Waals surface area contributed by atoms with Crippen LogP contribution >= 0.6 is 21.6 Å². The van der Waals surface area contributed by atoms with Gasteiger partial charge >= 0.3 is 11.9 Å². The third-order valence-corrected chi connectivity index (χ3v) is 12.8. The molecule has 2 aliphatic rings. The molecule has 0 aromatic rings. The zero-order chi connectivity index (χ0) is 50.0. The van der Waals surface area contributed by atoms with Crippen molar-refractivity contribution in [3.63, 3.8) is 0 Å². The summed E-state index contributed by atoms with van der Waals surface area (Å²) >= 11 is 0. The molecule has 0 spiro atoms. The first-order valence-corrected chi connectivity index (χ1v) is 23.1. The van der Waals surface area contributed by atoms with E-state index >= 15 is 0 Å². The number of hydrogen-bond donors (Lipinski definition) is 14. The number of nitrogens with two attached hydrogens (primary N) is 3. The molecule has 0 aliphatic carbocycles. The molecule has 0 bridgehead atoms. The Labute approximate surface area is 385 Å². The van der Waals surface area contributed by atoms with Gasteiger partial charge in [-0.1, -0.05) is 41.9 Å². The normalized spacial score (nSPS) is 28.5. The molecule has 11 atom stereocenters. The smallest absolute Gasteiger partial charge is 0.327 e. The van der Waals surface area contributed by atoms with E-state index in [4.69, 9.17) is 17.2 Å². The zero-order valence-corrected chi connectivity index (χ0v) is 37.9. The van der Waals surface area contributed by atoms with Crippen molar-refractivity contribution in [2.75, 3.05) is 24.7 Å². The molecule has 2 rings (SSSR count). The lowest BCUT2D eigenvalue weighted by Crippen LogP contribution is -2.62. The van der Waals surface area contributed by atoms with Crippen LogP contribution in [0.4, 0.5) is 0 Å². The molecule has 0 unspecified atom stereocenters. The van der Waals surface area contributed by atoms with E-state index in [-0.39, 0.29) is 37.3 Å². The molecule has 2 saturated heterocycles. The summed E-state index contributed by atoms with van der Waals surface area (Å²) < 4.78 is 0. The summed E-state index contributed by atoms with van der Waals surface area (Å²) in [5.41, 5.74) is 16.7. The second kappa shape index (κ2) is 27.0. The first-order valence-electron chi connectivity index (χ1n) is 20.6. The summed E-state index contributed by atoms with van der Waals surface area (Å²) in [5, 5.41) is 55.8. The van der Waals surface area contributed by atoms with Crippen LogP contribution in [0.2, 0.25) is 0 Å². The standard InChI is InChI=1S/C37H59N11O16S2/c1-4-15(2)27-35(61)43-20(11-25(40)52)32(58)42-19(10-24(39)51)31(57)41-18(7-8-26(53)54)30(56)47-28(16(3)50)36(62)48-9-5-6-23(48)34(60)45-22(37(63)64)14-66-65-13-17(38)29(55)44-21(12-49)33(59)46-27/h15-23,27-28,49-50H,4-14,38H2,1-3H3,(H2,39,51)(H2,40,52)(H,41,57)(H,42,58)(H,43,61)(H,44,55)(H,45,60)(H,46,59)(H,47,56)(H,53,54)(H,63,64)/t15-,16+,17+,18-,19-,20-,21-,22-,23-,27-,28-/m0/s1. The topological polar surface area (TPSA) is 451 Å². The quantitative estimate of drug-likeness (QED) is 0.0808. The summed E-state index contributed by atoms with van der Waals surface area (Å²) in [4.78, 5) is 158. The fourth-order valence-electron chi connectivity index (χ4n) is 6.47. The molecule has 0 aromatic carbocycles. The number of carbonyl (C=O) groups excluding carboxylic acids is 10. The van der Waals surface area contributed by atoms with E-state index in [1.54, 1.807) is 6.92 Å². The van der Waals surface area contributed by atoms with Crippen LogP contribution in [-0.2, 0) is 57.5 Å². The molecular formula is C37H59N11O16S2. The molecule has 27 nitrogen and oxygen atoms in total. The maximum absolute atomic E-state index is 13.9. The van der Waals surface area contributed by atoms with Gasteiger partial charge in [-0.05, 0) is 32.1 Å². The number of nitrogens with zero attached hydrogens (tertiary/aromatic N) is 1. The monoisotopic (exact) mass is 977 g/mol. The van der Waals surface area contributed by atoms with Crippen LogP contribution in [0.5, 0.6) is 0 Å². The van der Waals surface area contributed by atoms with E-state index in [1.165, 1.54) is 6.92 Å². The van der Waals surface area contributed by atoms with Crippen molar-refractivity contribution < 1.29 is 78.0 Å². The molecule has 0 radical (unpaired) electrons. The van der Waals surface area contributed by atoms with Gasteiger partial charge in [0.05, 0.1) is 31.6 Å². The molecule has 2 fully saturated rings. The van der Waals surface area contributed by atoms with Gasteiger partial charge in [-0.2, -0.15) is 0 Å². The maximum Gasteiger partial charge on any atom is 0.327 e. The molecule has 66 heavy (non-hydrogen) atoms. The Kier molecular flexibility index (Phi) is 23.1. The van der Waals surface area contributed by atoms with Crippen LogP contribution in [0.3, 0.4) is 0 Å². The summed E-state index contributed by atoms with van der Waals surface area (Å²) in [5.74, 6) is -15.3. The van der Waals surface area contributed by atoms with Gasteiger partial charge in [0.15, 0.2) is 0 Å². The predicted octanol–water partition coefficient (Wildman–Crippen LogP) is -6.79. The van der Waals surface area contributed by atoms with Gasteiger partial charge in [0, 0.05) is 24.5 Å². The number of rotatable bonds is 12. The highest BCUT2D eigenvalue weighted by molar-refractivity contribution is 8.76. The minimum atomic E-state index is -1.98. The number of fused-ring (bicyclic) bond motifs is 1. The second-order valence-electron chi connectivity index (χ2n) is 15.6. The van der Waals surface area contributed by atoms with E-state index in [0.29, 0.717) is 0 Å². The predicted molar refractivity (Wildman–Crippen MR) is 231 cm³/mol. The number of hydrogen-bond acceptors (Lipinski definition) is 17. The van der Waals surface area contributed by atoms with Crippen molar-refractivity contribution in [3.05, 3.63) is 0 Å². The van der Waals surface area contributed by atoms with Gasteiger partial charge in [0.25, 0.3) is 0 Å². The Bertz CT molecular complexity index is 1840. The van der Waals surface area contributed by atoms with E-state index < -0.39 is 170 Å². The van der Waals surface area contributed by atoms with Crippen molar-refractivity contribution >= 4 is 92.6 Å². The Morgan fingerprint density at radius 3 is 1.71 bits per heavy atom. The lowest BCUT2D eigenvalue weighted by molar-refractivity contribution is -0.146. The van der Waals surface area contributed by atoms with E-state index in [0.717, 1.165) is 33.4 Å². The Hall–Kier alpha value is -5.78. The highest BCUT2D eigenvalue weighted by Crippen LogP contribution is 2.24. The fourth-order valence-corrected chi connectivity index (χ4v) is 8.75. The highest BCUT2D eigenvalue weighted by Gasteiger charge is 2.42. The molecule has 0 saturated carbocycles. The summed E-state index contributed by atoms with van der Waals surface area (Å²) in [7, 11) is 1.83. The van der Waals surface area contributed by atoms with Crippen LogP contribution in [0.25, 0.3) is 0 Å². The highest BCUT2D eigenvalue weighted by atomic mass is 33.1. The Morgan fingerprint density at radius 2 is 1.20 bits per heavy atom. The van der Waals surface area contributed by atoms with Crippen LogP contribution in [-0.4, -0.2) is 181 Å². The van der Waals surface area contributed by atoms with Gasteiger partial charge in [0.2, 0.25) is 59.1 Å². The first kappa shape index (κ1) is 56.3. The molecule has 29 heteroatoms. The molecular weight excluding hydrogens is 919 g/mol. The third kappa shape index (κ3) is 17.5. The van der Waals surface area contributed by atoms with E-state index in [1.807, 2.05) is 0 Å². The average molecular weight is 978 g/mol. The van der Waals surface area contributed by atoms with Gasteiger partial charge in [-0.3, -0.25) is 52.7 Å². The first-order chi connectivity index (χ1) is 30.9. The number of carbonyl (C=O) groups is 12. The average Bonchev–Trinajstić information content (AvgIpc) is 3.74. The van der Waals surface area contributed by atoms with Gasteiger partial charge in [-0.25, -0.2) is 4.79 Å². The Balaban J connectivity index is 2.65. The largest absolute Gasteiger partial charge is 0.481 e. The van der Waals surface area contributed by atoms with Crippen molar-refractivity contribution in [1.82, 2.24) is 42.1 Å². The zero-order valence-electron chi connectivity index (χ0n) is 36.3. The van der Waals surface area contributed by atoms with Crippen LogP contribution < -0.4 is 54.4 Å². The van der Waals surface area contributed by atoms with Gasteiger partial charge in [0.1, 0.15) is 48.3 Å². The summed E-state index contributed by atoms with van der Waals surface area (Å²) in [6.07, 6.45) is -4.51. The maximum atomic E-state index is 13.9. The van der Waals surface area contributed by atoms with Crippen LogP contribution in [0.1, 0.15) is 65.7 Å². The fraction of sp³-hybridized carbons (Fsp3) is 0.676. The van der Waals surface area contributed by atoms with Gasteiger partial charge in [-0.15, -0.1) is 0 Å². The molecule has 17 N–H and O–H groups in total. The van der Waals surface area contributed by atoms with E-state index in [9.17, 15) is 78.0 Å². The number of nitrogens with one attached hydrogen (secondary N) is 7.